The molecule has 4 nitrogen and oxygen atoms in total. The molecule has 110 valence electrons. The number of aromatic hydroxyl groups is 1. The highest BCUT2D eigenvalue weighted by Crippen LogP contribution is 2.31. The van der Waals surface area contributed by atoms with Crippen LogP contribution >= 0.6 is 0 Å². The van der Waals surface area contributed by atoms with Gasteiger partial charge >= 0.3 is 0 Å². The summed E-state index contributed by atoms with van der Waals surface area (Å²) in [6.07, 6.45) is 2.18. The number of aliphatic hydroxyl groups is 1. The number of allylic oxidation sites excluding steroid dienone is 2. The minimum atomic E-state index is -1.05. The van der Waals surface area contributed by atoms with Gasteiger partial charge in [-0.15, -0.1) is 0 Å². The van der Waals surface area contributed by atoms with Crippen molar-refractivity contribution in [3.8, 4) is 5.75 Å². The van der Waals surface area contributed by atoms with E-state index < -0.39 is 11.9 Å². The molecule has 0 saturated carbocycles. The Morgan fingerprint density at radius 1 is 1.29 bits per heavy atom. The third kappa shape index (κ3) is 2.95. The number of hydrogen-bond donors (Lipinski definition) is 2. The molecule has 1 aliphatic rings. The van der Waals surface area contributed by atoms with Gasteiger partial charge < -0.3 is 10.2 Å². The van der Waals surface area contributed by atoms with Gasteiger partial charge in [-0.25, -0.2) is 0 Å². The highest BCUT2D eigenvalue weighted by molar-refractivity contribution is 6.26. The molecule has 2 N–H and O–H groups in total. The van der Waals surface area contributed by atoms with Crippen LogP contribution in [0, 0.1) is 6.92 Å². The number of Topliss-reactive ketones (excluding diaryl/α,β-unsaturated/α-hetero) is 1. The molecule has 1 aromatic carbocycles. The van der Waals surface area contributed by atoms with Crippen LogP contribution in [0.4, 0.5) is 0 Å². The van der Waals surface area contributed by atoms with Crippen molar-refractivity contribution < 1.29 is 19.8 Å². The fourth-order valence-corrected chi connectivity index (χ4v) is 2.35. The fourth-order valence-electron chi connectivity index (χ4n) is 2.35. The first kappa shape index (κ1) is 15.2. The van der Waals surface area contributed by atoms with Gasteiger partial charge in [-0.2, -0.15) is 0 Å². The highest BCUT2D eigenvalue weighted by atomic mass is 16.3. The molecule has 4 heteroatoms. The Kier molecular flexibility index (Phi) is 4.09. The van der Waals surface area contributed by atoms with Crippen LogP contribution < -0.4 is 0 Å². The first-order chi connectivity index (χ1) is 9.81. The Balaban J connectivity index is 2.43. The molecule has 0 saturated heterocycles. The molecule has 1 aliphatic carbocycles. The molecule has 0 aliphatic heterocycles. The van der Waals surface area contributed by atoms with Crippen molar-refractivity contribution in [1.29, 1.82) is 0 Å². The van der Waals surface area contributed by atoms with Crippen molar-refractivity contribution in [2.45, 2.75) is 33.3 Å². The summed E-state index contributed by atoms with van der Waals surface area (Å²) in [5.41, 5.74) is 1.93. The average Bonchev–Trinajstić information content (AvgIpc) is 2.39. The Hall–Kier alpha value is -2.20. The number of aliphatic hydroxyl groups excluding tert-OH is 1. The summed E-state index contributed by atoms with van der Waals surface area (Å²) in [6, 6.07) is 3.01. The molecule has 0 aromatic heterocycles. The number of hydrogen-bond acceptors (Lipinski definition) is 4. The zero-order chi connectivity index (χ0) is 15.7. The summed E-state index contributed by atoms with van der Waals surface area (Å²) in [5.74, 6) is -1.07. The van der Waals surface area contributed by atoms with Crippen molar-refractivity contribution in [1.82, 2.24) is 0 Å². The predicted octanol–water partition coefficient (Wildman–Crippen LogP) is 2.72. The lowest BCUT2D eigenvalue weighted by Gasteiger charge is -2.20. The molecule has 0 heterocycles. The van der Waals surface area contributed by atoms with Crippen LogP contribution in [0.15, 0.2) is 35.4 Å². The second kappa shape index (κ2) is 5.66. The number of benzene rings is 1. The van der Waals surface area contributed by atoms with Crippen LogP contribution in [0.2, 0.25) is 0 Å². The predicted molar refractivity (Wildman–Crippen MR) is 79.6 cm³/mol. The van der Waals surface area contributed by atoms with E-state index in [-0.39, 0.29) is 34.7 Å². The molecular formula is C17H18O4. The number of carbonyl (C=O) groups is 2. The van der Waals surface area contributed by atoms with Gasteiger partial charge in [0.25, 0.3) is 0 Å². The van der Waals surface area contributed by atoms with E-state index in [1.165, 1.54) is 12.1 Å². The fraction of sp³-hybridized carbons (Fsp3) is 0.294. The number of carbonyl (C=O) groups excluding carboxylic acids is 2. The Labute approximate surface area is 123 Å². The van der Waals surface area contributed by atoms with E-state index in [2.05, 4.69) is 0 Å². The summed E-state index contributed by atoms with van der Waals surface area (Å²) in [5, 5.41) is 20.1. The largest absolute Gasteiger partial charge is 0.507 e. The Morgan fingerprint density at radius 3 is 2.57 bits per heavy atom. The van der Waals surface area contributed by atoms with Crippen molar-refractivity contribution in [2.24, 2.45) is 0 Å². The number of phenols is 1. The van der Waals surface area contributed by atoms with E-state index in [1.807, 2.05) is 13.8 Å². The molecular weight excluding hydrogens is 268 g/mol. The van der Waals surface area contributed by atoms with Crippen molar-refractivity contribution in [3.63, 3.8) is 0 Å². The molecule has 21 heavy (non-hydrogen) atoms. The van der Waals surface area contributed by atoms with Gasteiger partial charge in [0.15, 0.2) is 11.6 Å². The number of aryl methyl sites for hydroxylation is 1. The maximum Gasteiger partial charge on any atom is 0.196 e. The lowest BCUT2D eigenvalue weighted by atomic mass is 9.85. The van der Waals surface area contributed by atoms with Crippen LogP contribution in [0.1, 0.15) is 46.5 Å². The van der Waals surface area contributed by atoms with Crippen LogP contribution in [0.5, 0.6) is 5.75 Å². The van der Waals surface area contributed by atoms with Crippen LogP contribution in [-0.2, 0) is 0 Å². The maximum atomic E-state index is 12.4. The van der Waals surface area contributed by atoms with Gasteiger partial charge in [0.05, 0.1) is 11.7 Å². The Morgan fingerprint density at radius 2 is 1.95 bits per heavy atom. The minimum Gasteiger partial charge on any atom is -0.507 e. The standard InChI is InChI=1S/C17H18O4/c1-9(2)4-5-13(18)12-8-14(19)11-6-10(3)7-15(20)16(11)17(12)21/h4,6-8,13,18,20H,5H2,1-3H3. The van der Waals surface area contributed by atoms with E-state index in [0.29, 0.717) is 5.56 Å². The SMILES string of the molecule is CC(C)=CCC(O)C1=CC(=O)c2cc(C)cc(O)c2C1=O. The first-order valence-corrected chi connectivity index (χ1v) is 6.77. The molecule has 0 amide bonds. The zero-order valence-corrected chi connectivity index (χ0v) is 12.3. The van der Waals surface area contributed by atoms with Crippen molar-refractivity contribution in [3.05, 3.63) is 52.1 Å². The molecule has 1 aromatic rings. The van der Waals surface area contributed by atoms with Crippen molar-refractivity contribution >= 4 is 11.6 Å². The van der Waals surface area contributed by atoms with E-state index in [4.69, 9.17) is 0 Å². The van der Waals surface area contributed by atoms with E-state index in [1.54, 1.807) is 19.1 Å². The third-order valence-corrected chi connectivity index (χ3v) is 3.41. The highest BCUT2D eigenvalue weighted by Gasteiger charge is 2.31. The smallest absolute Gasteiger partial charge is 0.196 e. The number of ketones is 2. The number of phenolic OH excluding ortho intramolecular Hbond substituents is 1. The third-order valence-electron chi connectivity index (χ3n) is 3.41. The van der Waals surface area contributed by atoms with Gasteiger partial charge in [0.1, 0.15) is 5.75 Å². The summed E-state index contributed by atoms with van der Waals surface area (Å²) in [6.45, 7) is 5.51. The quantitative estimate of drug-likeness (QED) is 0.838. The van der Waals surface area contributed by atoms with Crippen molar-refractivity contribution in [2.75, 3.05) is 0 Å². The average molecular weight is 286 g/mol. The lowest BCUT2D eigenvalue weighted by molar-refractivity contribution is 0.0945. The van der Waals surface area contributed by atoms with Gasteiger partial charge in [-0.05, 0) is 51.0 Å². The molecule has 0 fully saturated rings. The first-order valence-electron chi connectivity index (χ1n) is 6.77. The summed E-state index contributed by atoms with van der Waals surface area (Å²) in [7, 11) is 0. The number of rotatable bonds is 3. The maximum absolute atomic E-state index is 12.4. The van der Waals surface area contributed by atoms with E-state index in [0.717, 1.165) is 5.57 Å². The lowest BCUT2D eigenvalue weighted by Crippen LogP contribution is -2.25. The second-order valence-corrected chi connectivity index (χ2v) is 5.53. The van der Waals surface area contributed by atoms with Crippen LogP contribution in [-0.4, -0.2) is 27.9 Å². The summed E-state index contributed by atoms with van der Waals surface area (Å²) in [4.78, 5) is 24.5. The second-order valence-electron chi connectivity index (χ2n) is 5.53. The monoisotopic (exact) mass is 286 g/mol. The molecule has 1 unspecified atom stereocenters. The molecule has 1 atom stereocenters. The normalized spacial score (nSPS) is 15.3. The summed E-state index contributed by atoms with van der Waals surface area (Å²) >= 11 is 0. The molecule has 0 spiro atoms. The van der Waals surface area contributed by atoms with Crippen LogP contribution in [0.3, 0.4) is 0 Å². The molecule has 0 bridgehead atoms. The van der Waals surface area contributed by atoms with E-state index >= 15 is 0 Å². The Bertz CT molecular complexity index is 676. The number of fused-ring (bicyclic) bond motifs is 1. The minimum absolute atomic E-state index is 0.0145. The van der Waals surface area contributed by atoms with Gasteiger partial charge in [-0.3, -0.25) is 9.59 Å². The van der Waals surface area contributed by atoms with E-state index in [9.17, 15) is 19.8 Å². The zero-order valence-electron chi connectivity index (χ0n) is 12.3. The van der Waals surface area contributed by atoms with Gasteiger partial charge in [0, 0.05) is 11.1 Å². The molecule has 2 rings (SSSR count). The molecule has 0 radical (unpaired) electrons. The summed E-state index contributed by atoms with van der Waals surface area (Å²) < 4.78 is 0. The van der Waals surface area contributed by atoms with Gasteiger partial charge in [-0.1, -0.05) is 11.6 Å². The topological polar surface area (TPSA) is 74.6 Å². The van der Waals surface area contributed by atoms with Gasteiger partial charge in [0.2, 0.25) is 0 Å². The van der Waals surface area contributed by atoms with Crippen LogP contribution in [0.25, 0.3) is 0 Å².